The second kappa shape index (κ2) is 10.8. The zero-order chi connectivity index (χ0) is 22.4. The molecule has 1 saturated heterocycles. The molecule has 1 aliphatic carbocycles. The molecule has 3 rings (SSSR count). The van der Waals surface area contributed by atoms with E-state index >= 15 is 0 Å². The highest BCUT2D eigenvalue weighted by Crippen LogP contribution is 2.42. The van der Waals surface area contributed by atoms with Gasteiger partial charge in [0, 0.05) is 36.6 Å². The second-order valence-electron chi connectivity index (χ2n) is 10.3. The Hall–Kier alpha value is -1.64. The van der Waals surface area contributed by atoms with E-state index in [0.29, 0.717) is 31.1 Å². The monoisotopic (exact) mass is 426 g/mol. The van der Waals surface area contributed by atoms with E-state index in [4.69, 9.17) is 4.98 Å². The molecule has 3 heteroatoms. The number of halogens is 1. The molecule has 2 aliphatic rings. The molecule has 0 N–H and O–H groups in total. The zero-order valence-electron chi connectivity index (χ0n) is 20.2. The van der Waals surface area contributed by atoms with Crippen LogP contribution in [0.2, 0.25) is 0 Å². The smallest absolute Gasteiger partial charge is 0.114 e. The molecule has 0 atom stereocenters. The summed E-state index contributed by atoms with van der Waals surface area (Å²) in [7, 11) is 0. The average molecular weight is 427 g/mol. The topological polar surface area (TPSA) is 16.1 Å². The Balaban J connectivity index is 1.45. The Bertz CT molecular complexity index is 752. The van der Waals surface area contributed by atoms with Gasteiger partial charge in [0.25, 0.3) is 0 Å². The van der Waals surface area contributed by atoms with Gasteiger partial charge in [-0.25, -0.2) is 4.39 Å². The van der Waals surface area contributed by atoms with Crippen LogP contribution in [0.3, 0.4) is 0 Å². The molecule has 2 heterocycles. The van der Waals surface area contributed by atoms with E-state index in [9.17, 15) is 4.39 Å². The molecule has 0 bridgehead atoms. The number of piperidine rings is 1. The van der Waals surface area contributed by atoms with E-state index in [-0.39, 0.29) is 0 Å². The number of likely N-dealkylation sites (tertiary alicyclic amines) is 1. The lowest BCUT2D eigenvalue weighted by Gasteiger charge is -2.41. The maximum absolute atomic E-state index is 15.0. The van der Waals surface area contributed by atoms with Gasteiger partial charge in [-0.3, -0.25) is 4.98 Å². The Morgan fingerprint density at radius 1 is 1.16 bits per heavy atom. The molecule has 1 saturated carbocycles. The van der Waals surface area contributed by atoms with Crippen molar-refractivity contribution >= 4 is 0 Å². The van der Waals surface area contributed by atoms with Gasteiger partial charge in [0.05, 0.1) is 0 Å². The summed E-state index contributed by atoms with van der Waals surface area (Å²) in [6, 6.07) is 4.55. The van der Waals surface area contributed by atoms with Crippen LogP contribution in [0.5, 0.6) is 0 Å². The van der Waals surface area contributed by atoms with Gasteiger partial charge in [0.2, 0.25) is 0 Å². The summed E-state index contributed by atoms with van der Waals surface area (Å²) >= 11 is 0. The number of nitrogens with zero attached hydrogens (tertiary/aromatic N) is 2. The van der Waals surface area contributed by atoms with E-state index in [1.54, 1.807) is 0 Å². The van der Waals surface area contributed by atoms with E-state index in [1.807, 2.05) is 6.92 Å². The van der Waals surface area contributed by atoms with Crippen molar-refractivity contribution in [1.82, 2.24) is 9.88 Å². The molecule has 0 radical (unpaired) electrons. The number of hydrogen-bond acceptors (Lipinski definition) is 2. The number of allylic oxidation sites excluding steroid dienone is 2. The zero-order valence-corrected chi connectivity index (χ0v) is 20.2. The first-order chi connectivity index (χ1) is 14.8. The van der Waals surface area contributed by atoms with E-state index in [2.05, 4.69) is 44.0 Å². The number of aryl methyl sites for hydroxylation is 2. The van der Waals surface area contributed by atoms with Crippen molar-refractivity contribution in [3.05, 3.63) is 53.5 Å². The van der Waals surface area contributed by atoms with Gasteiger partial charge in [0.15, 0.2) is 0 Å². The third kappa shape index (κ3) is 6.67. The predicted molar refractivity (Wildman–Crippen MR) is 130 cm³/mol. The number of hydrogen-bond donors (Lipinski definition) is 0. The third-order valence-electron chi connectivity index (χ3n) is 7.54. The van der Waals surface area contributed by atoms with Gasteiger partial charge in [-0.05, 0) is 95.1 Å². The molecule has 2 fully saturated rings. The molecular weight excluding hydrogens is 383 g/mol. The first kappa shape index (κ1) is 24.0. The first-order valence-electron chi connectivity index (χ1n) is 12.5. The lowest BCUT2D eigenvalue weighted by molar-refractivity contribution is 0.0813. The summed E-state index contributed by atoms with van der Waals surface area (Å²) < 4.78 is 15.0. The van der Waals surface area contributed by atoms with Crippen LogP contribution in [0.4, 0.5) is 4.39 Å². The highest BCUT2D eigenvalue weighted by Gasteiger charge is 2.37. The Labute approximate surface area is 190 Å². The van der Waals surface area contributed by atoms with Crippen molar-refractivity contribution in [3.8, 4) is 0 Å². The number of rotatable bonds is 9. The van der Waals surface area contributed by atoms with E-state index in [0.717, 1.165) is 44.3 Å². The maximum atomic E-state index is 15.0. The van der Waals surface area contributed by atoms with Crippen LogP contribution in [-0.2, 0) is 12.8 Å². The Kier molecular flexibility index (Phi) is 8.36. The lowest BCUT2D eigenvalue weighted by Crippen LogP contribution is -2.38. The predicted octanol–water partition coefficient (Wildman–Crippen LogP) is 7.37. The maximum Gasteiger partial charge on any atom is 0.114 e. The molecule has 0 amide bonds. The summed E-state index contributed by atoms with van der Waals surface area (Å²) in [6.07, 6.45) is 10.8. The van der Waals surface area contributed by atoms with Gasteiger partial charge in [-0.2, -0.15) is 0 Å². The van der Waals surface area contributed by atoms with Crippen LogP contribution < -0.4 is 0 Å². The molecule has 1 aromatic heterocycles. The number of aromatic nitrogens is 1. The fraction of sp³-hybridized carbons (Fsp3) is 0.679. The summed E-state index contributed by atoms with van der Waals surface area (Å²) in [4.78, 5) is 7.39. The molecule has 2 nitrogen and oxygen atoms in total. The molecule has 172 valence electrons. The normalized spacial score (nSPS) is 24.9. The van der Waals surface area contributed by atoms with Crippen LogP contribution in [0, 0.1) is 18.8 Å². The minimum absolute atomic E-state index is 0.450. The molecular formula is C28H43FN2. The van der Waals surface area contributed by atoms with Gasteiger partial charge < -0.3 is 4.90 Å². The molecule has 31 heavy (non-hydrogen) atoms. The quantitative estimate of drug-likeness (QED) is 0.383. The largest absolute Gasteiger partial charge is 0.375 e. The van der Waals surface area contributed by atoms with Crippen molar-refractivity contribution in [2.24, 2.45) is 11.8 Å². The molecule has 0 aromatic carbocycles. The van der Waals surface area contributed by atoms with Crippen LogP contribution in [0.1, 0.15) is 88.6 Å². The summed E-state index contributed by atoms with van der Waals surface area (Å²) in [5.41, 5.74) is 5.05. The minimum atomic E-state index is -1.03. The van der Waals surface area contributed by atoms with Crippen molar-refractivity contribution in [1.29, 1.82) is 0 Å². The molecule has 1 aliphatic heterocycles. The number of alkyl halides is 1. The van der Waals surface area contributed by atoms with Crippen LogP contribution in [0.25, 0.3) is 0 Å². The van der Waals surface area contributed by atoms with Crippen LogP contribution in [0.15, 0.2) is 36.6 Å². The summed E-state index contributed by atoms with van der Waals surface area (Å²) in [6.45, 7) is 16.9. The third-order valence-corrected chi connectivity index (χ3v) is 7.54. The van der Waals surface area contributed by atoms with Crippen molar-refractivity contribution in [2.75, 3.05) is 13.1 Å². The van der Waals surface area contributed by atoms with Crippen molar-refractivity contribution < 1.29 is 4.39 Å². The van der Waals surface area contributed by atoms with Crippen molar-refractivity contribution in [3.63, 3.8) is 0 Å². The van der Waals surface area contributed by atoms with Gasteiger partial charge in [-0.1, -0.05) is 31.6 Å². The fourth-order valence-electron chi connectivity index (χ4n) is 5.55. The number of unbranched alkanes of at least 4 members (excludes halogenated alkanes) is 1. The molecule has 1 aromatic rings. The Morgan fingerprint density at radius 3 is 2.42 bits per heavy atom. The highest BCUT2D eigenvalue weighted by molar-refractivity contribution is 5.22. The van der Waals surface area contributed by atoms with Crippen LogP contribution in [-0.4, -0.2) is 28.6 Å². The standard InChI is InChI=1S/C28H43FN2/c1-6-7-8-25-9-10-27(30-22(25)4)19-24-13-17-31(18-14-24)23(5)26-11-15-28(29,16-12-26)20-21(2)3/h9-10,24,26H,2,5-8,11-20H2,1,3-4H3. The summed E-state index contributed by atoms with van der Waals surface area (Å²) in [5, 5.41) is 0. The first-order valence-corrected chi connectivity index (χ1v) is 12.5. The van der Waals surface area contributed by atoms with Gasteiger partial charge in [-0.15, -0.1) is 6.58 Å². The van der Waals surface area contributed by atoms with Gasteiger partial charge >= 0.3 is 0 Å². The van der Waals surface area contributed by atoms with Gasteiger partial charge in [0.1, 0.15) is 5.67 Å². The van der Waals surface area contributed by atoms with Crippen molar-refractivity contribution in [2.45, 2.75) is 97.1 Å². The Morgan fingerprint density at radius 2 is 1.84 bits per heavy atom. The van der Waals surface area contributed by atoms with E-state index < -0.39 is 5.67 Å². The fourth-order valence-corrected chi connectivity index (χ4v) is 5.55. The SMILES string of the molecule is C=C(C)CC1(F)CCC(C(=C)N2CCC(Cc3ccc(CCCC)c(C)n3)CC2)CC1. The van der Waals surface area contributed by atoms with E-state index in [1.165, 1.54) is 48.3 Å². The van der Waals surface area contributed by atoms with Crippen LogP contribution >= 0.6 is 0 Å². The second-order valence-corrected chi connectivity index (χ2v) is 10.3. The molecule has 0 spiro atoms. The minimum Gasteiger partial charge on any atom is -0.375 e. The highest BCUT2D eigenvalue weighted by atomic mass is 19.1. The number of pyridine rings is 1. The lowest BCUT2D eigenvalue weighted by atomic mass is 9.76. The average Bonchev–Trinajstić information content (AvgIpc) is 2.73. The molecule has 0 unspecified atom stereocenters. The summed E-state index contributed by atoms with van der Waals surface area (Å²) in [5.74, 6) is 1.16.